The van der Waals surface area contributed by atoms with Crippen molar-refractivity contribution in [3.63, 3.8) is 0 Å². The molecule has 0 bridgehead atoms. The Morgan fingerprint density at radius 2 is 1.83 bits per heavy atom. The lowest BCUT2D eigenvalue weighted by molar-refractivity contribution is 0.0953. The Labute approximate surface area is 142 Å². The van der Waals surface area contributed by atoms with Gasteiger partial charge >= 0.3 is 0 Å². The Balaban J connectivity index is 1.55. The number of nitrogens with one attached hydrogen (secondary N) is 1. The zero-order valence-corrected chi connectivity index (χ0v) is 13.3. The molecule has 0 fully saturated rings. The van der Waals surface area contributed by atoms with Crippen LogP contribution in [0.3, 0.4) is 0 Å². The number of carbonyl (C=O) groups excluding carboxylic acids is 1. The molecule has 7 heteroatoms. The number of amides is 1. The van der Waals surface area contributed by atoms with E-state index in [0.29, 0.717) is 40.8 Å². The summed E-state index contributed by atoms with van der Waals surface area (Å²) in [7, 11) is 0. The highest BCUT2D eigenvalue weighted by molar-refractivity contribution is 6.30. The second-order valence-electron chi connectivity index (χ2n) is 5.03. The third kappa shape index (κ3) is 3.97. The van der Waals surface area contributed by atoms with Crippen LogP contribution in [0.25, 0.3) is 11.4 Å². The molecule has 1 heterocycles. The first-order valence-electron chi connectivity index (χ1n) is 7.24. The third-order valence-electron chi connectivity index (χ3n) is 3.30. The van der Waals surface area contributed by atoms with Crippen molar-refractivity contribution in [2.45, 2.75) is 6.42 Å². The third-order valence-corrected chi connectivity index (χ3v) is 3.55. The number of rotatable bonds is 5. The molecule has 5 nitrogen and oxygen atoms in total. The molecule has 3 aromatic rings. The van der Waals surface area contributed by atoms with E-state index in [1.54, 1.807) is 36.4 Å². The highest BCUT2D eigenvalue weighted by atomic mass is 35.5. The molecule has 2 aromatic carbocycles. The number of hydrogen-bond acceptors (Lipinski definition) is 4. The second-order valence-corrected chi connectivity index (χ2v) is 5.47. The van der Waals surface area contributed by atoms with Crippen LogP contribution in [0.15, 0.2) is 53.1 Å². The maximum atomic E-state index is 12.9. The van der Waals surface area contributed by atoms with Crippen LogP contribution in [0.5, 0.6) is 0 Å². The van der Waals surface area contributed by atoms with E-state index in [-0.39, 0.29) is 11.7 Å². The first kappa shape index (κ1) is 16.1. The van der Waals surface area contributed by atoms with Crippen LogP contribution >= 0.6 is 11.6 Å². The lowest BCUT2D eigenvalue weighted by Crippen LogP contribution is -2.25. The predicted octanol–water partition coefficient (Wildman–Crippen LogP) is 3.50. The van der Waals surface area contributed by atoms with Crippen LogP contribution in [-0.2, 0) is 6.42 Å². The van der Waals surface area contributed by atoms with E-state index < -0.39 is 0 Å². The quantitative estimate of drug-likeness (QED) is 0.768. The lowest BCUT2D eigenvalue weighted by atomic mass is 10.2. The fourth-order valence-electron chi connectivity index (χ4n) is 2.06. The van der Waals surface area contributed by atoms with Crippen molar-refractivity contribution in [3.05, 3.63) is 70.8 Å². The molecular formula is C17H13ClFN3O2. The minimum Gasteiger partial charge on any atom is -0.352 e. The van der Waals surface area contributed by atoms with Gasteiger partial charge in [0.15, 0.2) is 0 Å². The number of halogens is 2. The van der Waals surface area contributed by atoms with Gasteiger partial charge in [-0.05, 0) is 48.5 Å². The smallest absolute Gasteiger partial charge is 0.251 e. The summed E-state index contributed by atoms with van der Waals surface area (Å²) in [6, 6.07) is 12.4. The molecule has 0 saturated carbocycles. The standard InChI is InChI=1S/C17H13ClFN3O2/c18-13-5-1-12(2-6-13)17(23)20-10-9-15-21-16(22-24-15)11-3-7-14(19)8-4-11/h1-8H,9-10H2,(H,20,23). The van der Waals surface area contributed by atoms with Gasteiger partial charge in [-0.15, -0.1) is 0 Å². The molecule has 1 amide bonds. The second kappa shape index (κ2) is 7.23. The molecule has 1 aromatic heterocycles. The Morgan fingerprint density at radius 3 is 2.54 bits per heavy atom. The van der Waals surface area contributed by atoms with Gasteiger partial charge in [0.2, 0.25) is 11.7 Å². The van der Waals surface area contributed by atoms with Crippen molar-refractivity contribution < 1.29 is 13.7 Å². The molecule has 122 valence electrons. The molecule has 1 N–H and O–H groups in total. The summed E-state index contributed by atoms with van der Waals surface area (Å²) < 4.78 is 18.0. The maximum Gasteiger partial charge on any atom is 0.251 e. The summed E-state index contributed by atoms with van der Waals surface area (Å²) in [5.74, 6) is 0.247. The average molecular weight is 346 g/mol. The van der Waals surface area contributed by atoms with Gasteiger partial charge in [-0.2, -0.15) is 4.98 Å². The van der Waals surface area contributed by atoms with Crippen molar-refractivity contribution in [3.8, 4) is 11.4 Å². The van der Waals surface area contributed by atoms with Crippen molar-refractivity contribution in [2.75, 3.05) is 6.54 Å². The molecule has 0 aliphatic carbocycles. The average Bonchev–Trinajstić information content (AvgIpc) is 3.05. The molecule has 0 saturated heterocycles. The predicted molar refractivity (Wildman–Crippen MR) is 87.2 cm³/mol. The lowest BCUT2D eigenvalue weighted by Gasteiger charge is -2.03. The van der Waals surface area contributed by atoms with Gasteiger partial charge < -0.3 is 9.84 Å². The summed E-state index contributed by atoms with van der Waals surface area (Å²) >= 11 is 5.78. The maximum absolute atomic E-state index is 12.9. The fourth-order valence-corrected chi connectivity index (χ4v) is 2.18. The van der Waals surface area contributed by atoms with E-state index in [2.05, 4.69) is 15.5 Å². The van der Waals surface area contributed by atoms with Crippen molar-refractivity contribution in [1.82, 2.24) is 15.5 Å². The van der Waals surface area contributed by atoms with Crippen molar-refractivity contribution in [2.24, 2.45) is 0 Å². The van der Waals surface area contributed by atoms with Crippen molar-refractivity contribution in [1.29, 1.82) is 0 Å². The molecule has 0 radical (unpaired) electrons. The Kier molecular flexibility index (Phi) is 4.86. The van der Waals surface area contributed by atoms with Gasteiger partial charge in [0.25, 0.3) is 5.91 Å². The Bertz CT molecular complexity index is 832. The summed E-state index contributed by atoms with van der Waals surface area (Å²) in [5, 5.41) is 7.18. The molecular weight excluding hydrogens is 333 g/mol. The first-order valence-corrected chi connectivity index (χ1v) is 7.62. The van der Waals surface area contributed by atoms with E-state index in [4.69, 9.17) is 16.1 Å². The van der Waals surface area contributed by atoms with E-state index in [9.17, 15) is 9.18 Å². The first-order chi connectivity index (χ1) is 11.6. The van der Waals surface area contributed by atoms with Crippen LogP contribution in [0, 0.1) is 5.82 Å². The summed E-state index contributed by atoms with van der Waals surface area (Å²) in [6.07, 6.45) is 0.396. The Hall–Kier alpha value is -2.73. The molecule has 0 aliphatic rings. The van der Waals surface area contributed by atoms with Gasteiger partial charge in [-0.3, -0.25) is 4.79 Å². The summed E-state index contributed by atoms with van der Waals surface area (Å²) in [6.45, 7) is 0.354. The van der Waals surface area contributed by atoms with Crippen LogP contribution < -0.4 is 5.32 Å². The normalized spacial score (nSPS) is 10.6. The molecule has 3 rings (SSSR count). The molecule has 0 unspecified atom stereocenters. The fraction of sp³-hybridized carbons (Fsp3) is 0.118. The number of aromatic nitrogens is 2. The highest BCUT2D eigenvalue weighted by Crippen LogP contribution is 2.16. The molecule has 0 aliphatic heterocycles. The van der Waals surface area contributed by atoms with Crippen LogP contribution in [0.1, 0.15) is 16.2 Å². The summed E-state index contributed by atoms with van der Waals surface area (Å²) in [5.41, 5.74) is 1.19. The minimum atomic E-state index is -0.326. The molecule has 24 heavy (non-hydrogen) atoms. The van der Waals surface area contributed by atoms with Crippen molar-refractivity contribution >= 4 is 17.5 Å². The topological polar surface area (TPSA) is 68.0 Å². The minimum absolute atomic E-state index is 0.204. The zero-order valence-electron chi connectivity index (χ0n) is 12.5. The highest BCUT2D eigenvalue weighted by Gasteiger charge is 2.10. The monoisotopic (exact) mass is 345 g/mol. The number of nitrogens with zero attached hydrogens (tertiary/aromatic N) is 2. The SMILES string of the molecule is O=C(NCCc1nc(-c2ccc(F)cc2)no1)c1ccc(Cl)cc1. The van der Waals surface area contributed by atoms with E-state index in [1.165, 1.54) is 12.1 Å². The van der Waals surface area contributed by atoms with E-state index >= 15 is 0 Å². The van der Waals surface area contributed by atoms with Crippen LogP contribution in [0.2, 0.25) is 5.02 Å². The molecule has 0 atom stereocenters. The largest absolute Gasteiger partial charge is 0.352 e. The molecule has 0 spiro atoms. The van der Waals surface area contributed by atoms with Crippen LogP contribution in [-0.4, -0.2) is 22.6 Å². The van der Waals surface area contributed by atoms with Gasteiger partial charge in [-0.25, -0.2) is 4.39 Å². The van der Waals surface area contributed by atoms with E-state index in [0.717, 1.165) is 0 Å². The van der Waals surface area contributed by atoms with Gasteiger partial charge in [0.1, 0.15) is 5.82 Å². The van der Waals surface area contributed by atoms with Gasteiger partial charge in [0, 0.05) is 29.1 Å². The van der Waals surface area contributed by atoms with Gasteiger partial charge in [0.05, 0.1) is 0 Å². The summed E-state index contributed by atoms with van der Waals surface area (Å²) in [4.78, 5) is 16.2. The van der Waals surface area contributed by atoms with Crippen LogP contribution in [0.4, 0.5) is 4.39 Å². The number of benzene rings is 2. The zero-order chi connectivity index (χ0) is 16.9. The Morgan fingerprint density at radius 1 is 1.12 bits per heavy atom. The number of carbonyl (C=O) groups is 1. The van der Waals surface area contributed by atoms with Gasteiger partial charge in [-0.1, -0.05) is 16.8 Å². The number of hydrogen-bond donors (Lipinski definition) is 1. The van der Waals surface area contributed by atoms with E-state index in [1.807, 2.05) is 0 Å².